The fourth-order valence-corrected chi connectivity index (χ4v) is 2.01. The maximum Gasteiger partial charge on any atom is 0.191 e. The Morgan fingerprint density at radius 2 is 1.96 bits per heavy atom. The number of ether oxygens (including phenoxy) is 1. The van der Waals surface area contributed by atoms with Crippen LogP contribution in [-0.4, -0.2) is 34.4 Å². The van der Waals surface area contributed by atoms with Gasteiger partial charge >= 0.3 is 0 Å². The highest BCUT2D eigenvalue weighted by molar-refractivity contribution is 5.79. The minimum atomic E-state index is 0.575. The number of aryl methyl sites for hydroxylation is 1. The smallest absolute Gasteiger partial charge is 0.191 e. The molecule has 2 N–H and O–H groups in total. The second kappa shape index (κ2) is 8.17. The zero-order chi connectivity index (χ0) is 16.7. The highest BCUT2D eigenvalue weighted by Crippen LogP contribution is 2.11. The van der Waals surface area contributed by atoms with Gasteiger partial charge in [0, 0.05) is 13.6 Å². The standard InChI is InChI=1S/C16H24N6O/c1-5-17-16(19-11-15-21-20-12(2)22(15)3)18-10-13-6-8-14(23-4)9-7-13/h6-9H,5,10-11H2,1-4H3,(H2,17,18,19). The van der Waals surface area contributed by atoms with Crippen molar-refractivity contribution in [1.82, 2.24) is 25.4 Å². The number of nitrogens with zero attached hydrogens (tertiary/aromatic N) is 4. The molecule has 0 unspecified atom stereocenters. The van der Waals surface area contributed by atoms with E-state index in [1.807, 2.05) is 49.7 Å². The van der Waals surface area contributed by atoms with Crippen molar-refractivity contribution in [2.75, 3.05) is 13.7 Å². The molecule has 0 aliphatic heterocycles. The van der Waals surface area contributed by atoms with Gasteiger partial charge in [0.2, 0.25) is 0 Å². The van der Waals surface area contributed by atoms with E-state index in [-0.39, 0.29) is 0 Å². The predicted molar refractivity (Wildman–Crippen MR) is 90.4 cm³/mol. The third kappa shape index (κ3) is 4.70. The van der Waals surface area contributed by atoms with Gasteiger partial charge in [-0.2, -0.15) is 0 Å². The fourth-order valence-electron chi connectivity index (χ4n) is 2.01. The molecular weight excluding hydrogens is 292 g/mol. The molecule has 0 spiro atoms. The van der Waals surface area contributed by atoms with Gasteiger partial charge < -0.3 is 19.9 Å². The lowest BCUT2D eigenvalue weighted by molar-refractivity contribution is 0.414. The number of aromatic nitrogens is 3. The number of guanidine groups is 1. The van der Waals surface area contributed by atoms with Crippen molar-refractivity contribution in [1.29, 1.82) is 0 Å². The lowest BCUT2D eigenvalue weighted by atomic mass is 10.2. The molecule has 0 saturated heterocycles. The van der Waals surface area contributed by atoms with Gasteiger partial charge in [0.05, 0.1) is 20.2 Å². The van der Waals surface area contributed by atoms with Gasteiger partial charge in [0.1, 0.15) is 11.6 Å². The summed E-state index contributed by atoms with van der Waals surface area (Å²) in [5.74, 6) is 3.36. The van der Waals surface area contributed by atoms with E-state index in [1.165, 1.54) is 0 Å². The van der Waals surface area contributed by atoms with Crippen molar-refractivity contribution >= 4 is 5.96 Å². The molecule has 7 heteroatoms. The molecule has 1 aromatic heterocycles. The zero-order valence-electron chi connectivity index (χ0n) is 14.1. The van der Waals surface area contributed by atoms with Crippen molar-refractivity contribution in [2.45, 2.75) is 26.9 Å². The number of rotatable bonds is 6. The Balaban J connectivity index is 1.97. The van der Waals surface area contributed by atoms with Crippen LogP contribution in [0.2, 0.25) is 0 Å². The normalized spacial score (nSPS) is 11.4. The summed E-state index contributed by atoms with van der Waals surface area (Å²) >= 11 is 0. The average molecular weight is 316 g/mol. The summed E-state index contributed by atoms with van der Waals surface area (Å²) < 4.78 is 7.12. The lowest BCUT2D eigenvalue weighted by Gasteiger charge is -2.11. The van der Waals surface area contributed by atoms with E-state index >= 15 is 0 Å². The first-order valence-corrected chi connectivity index (χ1v) is 7.64. The van der Waals surface area contributed by atoms with E-state index in [0.717, 1.165) is 35.5 Å². The van der Waals surface area contributed by atoms with Crippen molar-refractivity contribution in [3.8, 4) is 5.75 Å². The van der Waals surface area contributed by atoms with Crippen LogP contribution >= 0.6 is 0 Å². The number of hydrogen-bond acceptors (Lipinski definition) is 4. The molecule has 124 valence electrons. The maximum absolute atomic E-state index is 5.16. The summed E-state index contributed by atoms with van der Waals surface area (Å²) in [5.41, 5.74) is 1.12. The molecule has 0 saturated carbocycles. The number of hydrogen-bond donors (Lipinski definition) is 2. The van der Waals surface area contributed by atoms with Crippen LogP contribution < -0.4 is 15.4 Å². The van der Waals surface area contributed by atoms with Gasteiger partial charge in [-0.25, -0.2) is 4.99 Å². The summed E-state index contributed by atoms with van der Waals surface area (Å²) in [6.45, 7) is 5.94. The average Bonchev–Trinajstić information content (AvgIpc) is 2.89. The summed E-state index contributed by atoms with van der Waals surface area (Å²) in [6.07, 6.45) is 0. The minimum Gasteiger partial charge on any atom is -0.497 e. The molecule has 1 aromatic carbocycles. The monoisotopic (exact) mass is 316 g/mol. The van der Waals surface area contributed by atoms with Gasteiger partial charge in [-0.15, -0.1) is 10.2 Å². The molecule has 0 aliphatic carbocycles. The van der Waals surface area contributed by atoms with Gasteiger partial charge in [-0.1, -0.05) is 12.1 Å². The largest absolute Gasteiger partial charge is 0.497 e. The van der Waals surface area contributed by atoms with E-state index in [9.17, 15) is 0 Å². The third-order valence-electron chi connectivity index (χ3n) is 3.52. The highest BCUT2D eigenvalue weighted by atomic mass is 16.5. The van der Waals surface area contributed by atoms with Crippen LogP contribution in [0.25, 0.3) is 0 Å². The van der Waals surface area contributed by atoms with Gasteiger partial charge in [0.15, 0.2) is 11.8 Å². The highest BCUT2D eigenvalue weighted by Gasteiger charge is 2.05. The van der Waals surface area contributed by atoms with Crippen molar-refractivity contribution in [3.05, 3.63) is 41.5 Å². The minimum absolute atomic E-state index is 0.575. The topological polar surface area (TPSA) is 76.4 Å². The zero-order valence-corrected chi connectivity index (χ0v) is 14.1. The van der Waals surface area contributed by atoms with Gasteiger partial charge in [-0.3, -0.25) is 0 Å². The second-order valence-corrected chi connectivity index (χ2v) is 5.12. The van der Waals surface area contributed by atoms with Crippen LogP contribution in [0.3, 0.4) is 0 Å². The van der Waals surface area contributed by atoms with Crippen LogP contribution in [-0.2, 0) is 20.1 Å². The fraction of sp³-hybridized carbons (Fsp3) is 0.438. The molecule has 7 nitrogen and oxygen atoms in total. The maximum atomic E-state index is 5.16. The summed E-state index contributed by atoms with van der Waals surface area (Å²) in [5, 5.41) is 14.7. The quantitative estimate of drug-likeness (QED) is 0.622. The number of methoxy groups -OCH3 is 1. The third-order valence-corrected chi connectivity index (χ3v) is 3.52. The Hall–Kier alpha value is -2.57. The molecule has 0 bridgehead atoms. The molecule has 0 radical (unpaired) electrons. The van der Waals surface area contributed by atoms with E-state index in [0.29, 0.717) is 13.1 Å². The van der Waals surface area contributed by atoms with Crippen molar-refractivity contribution in [2.24, 2.45) is 12.0 Å². The van der Waals surface area contributed by atoms with Gasteiger partial charge in [0.25, 0.3) is 0 Å². The molecule has 23 heavy (non-hydrogen) atoms. The Bertz CT molecular complexity index is 647. The van der Waals surface area contributed by atoms with Crippen LogP contribution in [0.1, 0.15) is 24.1 Å². The second-order valence-electron chi connectivity index (χ2n) is 5.12. The number of aliphatic imine (C=N–C) groups is 1. The molecule has 2 rings (SSSR count). The van der Waals surface area contributed by atoms with E-state index in [1.54, 1.807) is 7.11 Å². The summed E-state index contributed by atoms with van der Waals surface area (Å²) in [4.78, 5) is 4.59. The molecule has 2 aromatic rings. The van der Waals surface area contributed by atoms with Crippen LogP contribution in [0.5, 0.6) is 5.75 Å². The first kappa shape index (κ1) is 16.8. The van der Waals surface area contributed by atoms with Crippen molar-refractivity contribution < 1.29 is 4.74 Å². The van der Waals surface area contributed by atoms with Crippen molar-refractivity contribution in [3.63, 3.8) is 0 Å². The molecule has 1 heterocycles. The molecule has 0 atom stereocenters. The van der Waals surface area contributed by atoms with Crippen LogP contribution in [0.4, 0.5) is 0 Å². The molecular formula is C16H24N6O. The van der Waals surface area contributed by atoms with Crippen LogP contribution in [0.15, 0.2) is 29.3 Å². The number of nitrogens with one attached hydrogen (secondary N) is 2. The lowest BCUT2D eigenvalue weighted by Crippen LogP contribution is -2.37. The van der Waals surface area contributed by atoms with E-state index in [4.69, 9.17) is 4.74 Å². The van der Waals surface area contributed by atoms with E-state index < -0.39 is 0 Å². The SMILES string of the molecule is CCNC(=NCc1ccc(OC)cc1)NCc1nnc(C)n1C. The molecule has 0 fully saturated rings. The first-order chi connectivity index (χ1) is 11.1. The molecule has 0 aliphatic rings. The summed E-state index contributed by atoms with van der Waals surface area (Å²) in [6, 6.07) is 7.90. The Labute approximate surface area is 136 Å². The molecule has 0 amide bonds. The first-order valence-electron chi connectivity index (χ1n) is 7.64. The Morgan fingerprint density at radius 1 is 1.22 bits per heavy atom. The Kier molecular flexibility index (Phi) is 5.96. The van der Waals surface area contributed by atoms with E-state index in [2.05, 4.69) is 25.8 Å². The Morgan fingerprint density at radius 3 is 2.52 bits per heavy atom. The number of benzene rings is 1. The predicted octanol–water partition coefficient (Wildman–Crippen LogP) is 1.39. The van der Waals surface area contributed by atoms with Gasteiger partial charge in [-0.05, 0) is 31.5 Å². The summed E-state index contributed by atoms with van der Waals surface area (Å²) in [7, 11) is 3.61. The van der Waals surface area contributed by atoms with Crippen LogP contribution in [0, 0.1) is 6.92 Å².